The zero-order chi connectivity index (χ0) is 15.6. The number of sulfonamides is 1. The molecule has 0 saturated heterocycles. The maximum atomic E-state index is 12.7. The number of benzene rings is 1. The Bertz CT molecular complexity index is 702. The summed E-state index contributed by atoms with van der Waals surface area (Å²) in [5.41, 5.74) is -0.0662. The van der Waals surface area contributed by atoms with E-state index in [-0.39, 0.29) is 22.7 Å². The molecule has 0 atom stereocenters. The Morgan fingerprint density at radius 2 is 2.14 bits per heavy atom. The lowest BCUT2D eigenvalue weighted by atomic mass is 10.2. The number of nitro groups is 1. The Labute approximate surface area is 124 Å². The molecule has 0 unspecified atom stereocenters. The van der Waals surface area contributed by atoms with E-state index in [4.69, 9.17) is 6.42 Å². The molecule has 0 radical (unpaired) electrons. The van der Waals surface area contributed by atoms with Crippen LogP contribution in [0.4, 0.5) is 5.69 Å². The minimum absolute atomic E-state index is 0.0268. The highest BCUT2D eigenvalue weighted by Crippen LogP contribution is 2.33. The van der Waals surface area contributed by atoms with Crippen LogP contribution in [0.3, 0.4) is 0 Å². The summed E-state index contributed by atoms with van der Waals surface area (Å²) in [6.45, 7) is 1.78. The lowest BCUT2D eigenvalue weighted by Crippen LogP contribution is -2.33. The van der Waals surface area contributed by atoms with Crippen molar-refractivity contribution in [1.82, 2.24) is 4.31 Å². The number of terminal acetylenes is 1. The summed E-state index contributed by atoms with van der Waals surface area (Å²) in [5.74, 6) is 2.69. The van der Waals surface area contributed by atoms with Crippen LogP contribution in [0, 0.1) is 35.3 Å². The summed E-state index contributed by atoms with van der Waals surface area (Å²) in [6, 6.07) is 4.05. The van der Waals surface area contributed by atoms with Gasteiger partial charge in [-0.1, -0.05) is 12.0 Å². The van der Waals surface area contributed by atoms with Gasteiger partial charge in [0.2, 0.25) is 10.0 Å². The highest BCUT2D eigenvalue weighted by molar-refractivity contribution is 7.89. The van der Waals surface area contributed by atoms with Crippen LogP contribution in [0.5, 0.6) is 0 Å². The SMILES string of the molecule is C#CCN(CC1CC1)S(=O)(=O)c1cccc([N+](=O)[O-])c1C. The van der Waals surface area contributed by atoms with Crippen LogP contribution in [0.15, 0.2) is 23.1 Å². The van der Waals surface area contributed by atoms with Crippen molar-refractivity contribution < 1.29 is 13.3 Å². The van der Waals surface area contributed by atoms with Gasteiger partial charge in [0, 0.05) is 18.2 Å². The molecule has 2 rings (SSSR count). The monoisotopic (exact) mass is 308 g/mol. The Hall–Kier alpha value is -1.91. The maximum Gasteiger partial charge on any atom is 0.273 e. The number of hydrogen-bond donors (Lipinski definition) is 0. The number of nitro benzene ring substituents is 1. The molecule has 1 aromatic rings. The van der Waals surface area contributed by atoms with Crippen molar-refractivity contribution >= 4 is 15.7 Å². The highest BCUT2D eigenvalue weighted by atomic mass is 32.2. The third-order valence-electron chi connectivity index (χ3n) is 3.50. The first-order valence-corrected chi connectivity index (χ1v) is 7.99. The summed E-state index contributed by atoms with van der Waals surface area (Å²) in [6.07, 6.45) is 7.23. The molecule has 1 fully saturated rings. The van der Waals surface area contributed by atoms with E-state index < -0.39 is 14.9 Å². The number of hydrogen-bond acceptors (Lipinski definition) is 4. The van der Waals surface area contributed by atoms with E-state index in [9.17, 15) is 18.5 Å². The van der Waals surface area contributed by atoms with Crippen molar-refractivity contribution in [2.75, 3.05) is 13.1 Å². The molecule has 0 bridgehead atoms. The fraction of sp³-hybridized carbons (Fsp3) is 0.429. The second kappa shape index (κ2) is 5.84. The largest absolute Gasteiger partial charge is 0.273 e. The Kier molecular flexibility index (Phi) is 4.30. The lowest BCUT2D eigenvalue weighted by Gasteiger charge is -2.20. The molecule has 21 heavy (non-hydrogen) atoms. The van der Waals surface area contributed by atoms with E-state index in [0.717, 1.165) is 12.8 Å². The second-order valence-electron chi connectivity index (χ2n) is 5.10. The lowest BCUT2D eigenvalue weighted by molar-refractivity contribution is -0.385. The van der Waals surface area contributed by atoms with Crippen molar-refractivity contribution in [3.05, 3.63) is 33.9 Å². The Morgan fingerprint density at radius 1 is 1.48 bits per heavy atom. The van der Waals surface area contributed by atoms with Crippen LogP contribution < -0.4 is 0 Å². The molecule has 0 amide bonds. The van der Waals surface area contributed by atoms with Crippen molar-refractivity contribution in [3.8, 4) is 12.3 Å². The minimum Gasteiger partial charge on any atom is -0.258 e. The quantitative estimate of drug-likeness (QED) is 0.457. The van der Waals surface area contributed by atoms with E-state index in [0.29, 0.717) is 12.5 Å². The van der Waals surface area contributed by atoms with Gasteiger partial charge in [0.25, 0.3) is 5.69 Å². The molecule has 1 aliphatic carbocycles. The van der Waals surface area contributed by atoms with E-state index in [1.807, 2.05) is 0 Å². The smallest absolute Gasteiger partial charge is 0.258 e. The van der Waals surface area contributed by atoms with E-state index in [1.54, 1.807) is 0 Å². The van der Waals surface area contributed by atoms with Gasteiger partial charge in [0.1, 0.15) is 0 Å². The molecule has 1 saturated carbocycles. The van der Waals surface area contributed by atoms with E-state index in [1.165, 1.54) is 29.4 Å². The molecule has 0 spiro atoms. The number of nitrogens with zero attached hydrogens (tertiary/aromatic N) is 2. The zero-order valence-electron chi connectivity index (χ0n) is 11.7. The first-order valence-electron chi connectivity index (χ1n) is 6.55. The van der Waals surface area contributed by atoms with Crippen LogP contribution in [-0.2, 0) is 10.0 Å². The minimum atomic E-state index is -3.82. The van der Waals surface area contributed by atoms with Crippen molar-refractivity contribution in [2.24, 2.45) is 5.92 Å². The fourth-order valence-electron chi connectivity index (χ4n) is 2.16. The van der Waals surface area contributed by atoms with Crippen LogP contribution in [0.2, 0.25) is 0 Å². The van der Waals surface area contributed by atoms with E-state index in [2.05, 4.69) is 5.92 Å². The molecular formula is C14H16N2O4S. The third kappa shape index (κ3) is 3.23. The second-order valence-corrected chi connectivity index (χ2v) is 7.01. The predicted octanol–water partition coefficient (Wildman–Crippen LogP) is 1.94. The summed E-state index contributed by atoms with van der Waals surface area (Å²) >= 11 is 0. The Balaban J connectivity index is 2.44. The standard InChI is InChI=1S/C14H16N2O4S/c1-3-9-15(10-12-7-8-12)21(19,20)14-6-4-5-13(11(14)2)16(17)18/h1,4-6,12H,7-10H2,2H3. The molecule has 1 aliphatic rings. The molecule has 7 heteroatoms. The summed E-state index contributed by atoms with van der Waals surface area (Å²) in [4.78, 5) is 10.3. The predicted molar refractivity (Wildman–Crippen MR) is 78.1 cm³/mol. The first-order chi connectivity index (χ1) is 9.87. The first kappa shape index (κ1) is 15.5. The zero-order valence-corrected chi connectivity index (χ0v) is 12.5. The maximum absolute atomic E-state index is 12.7. The van der Waals surface area contributed by atoms with Gasteiger partial charge >= 0.3 is 0 Å². The molecular weight excluding hydrogens is 292 g/mol. The van der Waals surface area contributed by atoms with Gasteiger partial charge in [-0.15, -0.1) is 6.42 Å². The van der Waals surface area contributed by atoms with Crippen molar-refractivity contribution in [3.63, 3.8) is 0 Å². The summed E-state index contributed by atoms with van der Waals surface area (Å²) < 4.78 is 26.6. The highest BCUT2D eigenvalue weighted by Gasteiger charge is 2.33. The van der Waals surface area contributed by atoms with Crippen LogP contribution >= 0.6 is 0 Å². The molecule has 6 nitrogen and oxygen atoms in total. The van der Waals surface area contributed by atoms with Crippen LogP contribution in [0.25, 0.3) is 0 Å². The molecule has 1 aromatic carbocycles. The van der Waals surface area contributed by atoms with Gasteiger partial charge in [-0.3, -0.25) is 10.1 Å². The summed E-state index contributed by atoms with van der Waals surface area (Å²) in [5, 5.41) is 10.9. The van der Waals surface area contributed by atoms with Crippen molar-refractivity contribution in [1.29, 1.82) is 0 Å². The molecule has 112 valence electrons. The third-order valence-corrected chi connectivity index (χ3v) is 5.45. The van der Waals surface area contributed by atoms with Gasteiger partial charge in [0.05, 0.1) is 16.4 Å². The van der Waals surface area contributed by atoms with Gasteiger partial charge in [0.15, 0.2) is 0 Å². The number of rotatable bonds is 6. The average molecular weight is 308 g/mol. The van der Waals surface area contributed by atoms with Gasteiger partial charge in [-0.05, 0) is 31.7 Å². The van der Waals surface area contributed by atoms with E-state index >= 15 is 0 Å². The van der Waals surface area contributed by atoms with Crippen LogP contribution in [-0.4, -0.2) is 30.7 Å². The molecule has 0 N–H and O–H groups in total. The normalized spacial score (nSPS) is 14.9. The summed E-state index contributed by atoms with van der Waals surface area (Å²) in [7, 11) is -3.82. The topological polar surface area (TPSA) is 80.5 Å². The molecule has 0 aromatic heterocycles. The fourth-order valence-corrected chi connectivity index (χ4v) is 3.83. The van der Waals surface area contributed by atoms with Gasteiger partial charge < -0.3 is 0 Å². The van der Waals surface area contributed by atoms with Gasteiger partial charge in [-0.2, -0.15) is 4.31 Å². The molecule has 0 heterocycles. The van der Waals surface area contributed by atoms with Gasteiger partial charge in [-0.25, -0.2) is 8.42 Å². The molecule has 0 aliphatic heterocycles. The Morgan fingerprint density at radius 3 is 2.67 bits per heavy atom. The average Bonchev–Trinajstić information content (AvgIpc) is 3.22. The van der Waals surface area contributed by atoms with Crippen molar-refractivity contribution in [2.45, 2.75) is 24.7 Å². The van der Waals surface area contributed by atoms with Crippen LogP contribution in [0.1, 0.15) is 18.4 Å².